The van der Waals surface area contributed by atoms with Crippen molar-refractivity contribution in [3.63, 3.8) is 0 Å². The number of carbonyl (C=O) groups excluding carboxylic acids is 1. The average molecular weight is 280 g/mol. The van der Waals surface area contributed by atoms with Gasteiger partial charge in [0.15, 0.2) is 0 Å². The number of unbranched alkanes of at least 4 members (excludes halogenated alkanes) is 1. The normalized spacial score (nSPS) is 10.4. The van der Waals surface area contributed by atoms with Gasteiger partial charge in [0, 0.05) is 18.0 Å². The highest BCUT2D eigenvalue weighted by molar-refractivity contribution is 8.00. The fraction of sp³-hybridized carbons (Fsp3) is 0.533. The van der Waals surface area contributed by atoms with E-state index in [2.05, 4.69) is 48.7 Å². The van der Waals surface area contributed by atoms with Gasteiger partial charge in [-0.3, -0.25) is 4.79 Å². The summed E-state index contributed by atoms with van der Waals surface area (Å²) in [4.78, 5) is 12.7. The van der Waals surface area contributed by atoms with Crippen molar-refractivity contribution in [3.8, 4) is 0 Å². The van der Waals surface area contributed by atoms with Gasteiger partial charge in [0.2, 0.25) is 5.91 Å². The molecule has 0 fully saturated rings. The Bertz CT molecular complexity index is 365. The van der Waals surface area contributed by atoms with Crippen molar-refractivity contribution in [3.05, 3.63) is 29.8 Å². The summed E-state index contributed by atoms with van der Waals surface area (Å²) in [7, 11) is 0. The Labute approximate surface area is 120 Å². The van der Waals surface area contributed by atoms with E-state index in [9.17, 15) is 4.79 Å². The summed E-state index contributed by atoms with van der Waals surface area (Å²) in [5, 5.41) is 6.22. The molecule has 0 heterocycles. The first-order valence-corrected chi connectivity index (χ1v) is 7.94. The van der Waals surface area contributed by atoms with Crippen LogP contribution in [-0.2, 0) is 11.3 Å². The van der Waals surface area contributed by atoms with Crippen LogP contribution >= 0.6 is 11.8 Å². The maximum absolute atomic E-state index is 11.6. The highest BCUT2D eigenvalue weighted by atomic mass is 32.2. The van der Waals surface area contributed by atoms with Gasteiger partial charge in [-0.2, -0.15) is 0 Å². The van der Waals surface area contributed by atoms with Crippen molar-refractivity contribution in [2.45, 2.75) is 38.1 Å². The van der Waals surface area contributed by atoms with Crippen LogP contribution in [0.3, 0.4) is 0 Å². The van der Waals surface area contributed by atoms with Crippen molar-refractivity contribution in [1.82, 2.24) is 10.6 Å². The summed E-state index contributed by atoms with van der Waals surface area (Å²) >= 11 is 1.59. The van der Waals surface area contributed by atoms with Crippen LogP contribution in [0, 0.1) is 0 Å². The van der Waals surface area contributed by atoms with Crippen LogP contribution in [0.4, 0.5) is 0 Å². The molecule has 0 saturated carbocycles. The fourth-order valence-electron chi connectivity index (χ4n) is 1.58. The number of hydrogen-bond donors (Lipinski definition) is 2. The SMILES string of the molecule is CCCCNC(=O)CSc1ccc(CNCC)cc1. The molecular formula is C15H24N2OS. The van der Waals surface area contributed by atoms with E-state index in [1.807, 2.05) is 0 Å². The number of carbonyl (C=O) groups is 1. The summed E-state index contributed by atoms with van der Waals surface area (Å²) < 4.78 is 0. The van der Waals surface area contributed by atoms with E-state index in [0.29, 0.717) is 5.75 Å². The highest BCUT2D eigenvalue weighted by Crippen LogP contribution is 2.18. The Morgan fingerprint density at radius 1 is 1.21 bits per heavy atom. The third-order valence-corrected chi connectivity index (χ3v) is 3.74. The molecule has 0 radical (unpaired) electrons. The van der Waals surface area contributed by atoms with Crippen LogP contribution in [-0.4, -0.2) is 24.7 Å². The Morgan fingerprint density at radius 3 is 2.58 bits per heavy atom. The van der Waals surface area contributed by atoms with Crippen LogP contribution < -0.4 is 10.6 Å². The monoisotopic (exact) mass is 280 g/mol. The van der Waals surface area contributed by atoms with Crippen molar-refractivity contribution in [1.29, 1.82) is 0 Å². The summed E-state index contributed by atoms with van der Waals surface area (Å²) in [6, 6.07) is 8.38. The standard InChI is InChI=1S/C15H24N2OS/c1-3-5-10-17-15(18)12-19-14-8-6-13(7-9-14)11-16-4-2/h6-9,16H,3-5,10-12H2,1-2H3,(H,17,18). The quantitative estimate of drug-likeness (QED) is 0.540. The number of amides is 1. The van der Waals surface area contributed by atoms with Crippen LogP contribution in [0.1, 0.15) is 32.3 Å². The zero-order chi connectivity index (χ0) is 13.9. The number of thioether (sulfide) groups is 1. The molecule has 1 aromatic carbocycles. The maximum atomic E-state index is 11.6. The minimum Gasteiger partial charge on any atom is -0.355 e. The smallest absolute Gasteiger partial charge is 0.230 e. The number of rotatable bonds is 9. The Kier molecular flexibility index (Phi) is 8.34. The Balaban J connectivity index is 2.27. The molecule has 19 heavy (non-hydrogen) atoms. The lowest BCUT2D eigenvalue weighted by atomic mass is 10.2. The van der Waals surface area contributed by atoms with Gasteiger partial charge in [-0.05, 0) is 30.7 Å². The second-order valence-electron chi connectivity index (χ2n) is 4.42. The van der Waals surface area contributed by atoms with E-state index < -0.39 is 0 Å². The molecule has 0 saturated heterocycles. The molecule has 0 spiro atoms. The molecule has 0 aliphatic rings. The molecular weight excluding hydrogens is 256 g/mol. The van der Waals surface area contributed by atoms with E-state index in [1.54, 1.807) is 11.8 Å². The van der Waals surface area contributed by atoms with E-state index in [0.717, 1.165) is 37.4 Å². The fourth-order valence-corrected chi connectivity index (χ4v) is 2.31. The average Bonchev–Trinajstić information content (AvgIpc) is 2.44. The number of nitrogens with one attached hydrogen (secondary N) is 2. The number of benzene rings is 1. The number of hydrogen-bond acceptors (Lipinski definition) is 3. The van der Waals surface area contributed by atoms with Crippen LogP contribution in [0.2, 0.25) is 0 Å². The zero-order valence-electron chi connectivity index (χ0n) is 11.9. The maximum Gasteiger partial charge on any atom is 0.230 e. The molecule has 1 rings (SSSR count). The van der Waals surface area contributed by atoms with Gasteiger partial charge in [0.1, 0.15) is 0 Å². The van der Waals surface area contributed by atoms with Gasteiger partial charge >= 0.3 is 0 Å². The third-order valence-electron chi connectivity index (χ3n) is 2.72. The topological polar surface area (TPSA) is 41.1 Å². The third kappa shape index (κ3) is 7.23. The molecule has 0 aromatic heterocycles. The van der Waals surface area contributed by atoms with E-state index in [4.69, 9.17) is 0 Å². The van der Waals surface area contributed by atoms with Crippen LogP contribution in [0.15, 0.2) is 29.2 Å². The van der Waals surface area contributed by atoms with E-state index in [-0.39, 0.29) is 5.91 Å². The molecule has 0 unspecified atom stereocenters. The van der Waals surface area contributed by atoms with Gasteiger partial charge in [-0.1, -0.05) is 32.4 Å². The first-order valence-electron chi connectivity index (χ1n) is 6.95. The molecule has 4 heteroatoms. The van der Waals surface area contributed by atoms with Gasteiger partial charge in [-0.15, -0.1) is 11.8 Å². The van der Waals surface area contributed by atoms with Crippen molar-refractivity contribution in [2.24, 2.45) is 0 Å². The van der Waals surface area contributed by atoms with Gasteiger partial charge in [-0.25, -0.2) is 0 Å². The van der Waals surface area contributed by atoms with Crippen LogP contribution in [0.5, 0.6) is 0 Å². The van der Waals surface area contributed by atoms with Crippen molar-refractivity contribution < 1.29 is 4.79 Å². The van der Waals surface area contributed by atoms with Crippen molar-refractivity contribution in [2.75, 3.05) is 18.8 Å². The minimum absolute atomic E-state index is 0.121. The summed E-state index contributed by atoms with van der Waals surface area (Å²) in [6.45, 7) is 6.89. The second-order valence-corrected chi connectivity index (χ2v) is 5.47. The lowest BCUT2D eigenvalue weighted by Crippen LogP contribution is -2.25. The van der Waals surface area contributed by atoms with E-state index >= 15 is 0 Å². The summed E-state index contributed by atoms with van der Waals surface area (Å²) in [6.07, 6.45) is 2.16. The largest absolute Gasteiger partial charge is 0.355 e. The zero-order valence-corrected chi connectivity index (χ0v) is 12.7. The predicted molar refractivity (Wildman–Crippen MR) is 82.5 cm³/mol. The molecule has 1 amide bonds. The predicted octanol–water partition coefficient (Wildman–Crippen LogP) is 2.80. The molecule has 0 atom stereocenters. The lowest BCUT2D eigenvalue weighted by Gasteiger charge is -2.06. The first-order chi connectivity index (χ1) is 9.26. The Morgan fingerprint density at radius 2 is 1.95 bits per heavy atom. The molecule has 3 nitrogen and oxygen atoms in total. The van der Waals surface area contributed by atoms with E-state index in [1.165, 1.54) is 5.56 Å². The minimum atomic E-state index is 0.121. The summed E-state index contributed by atoms with van der Waals surface area (Å²) in [5.41, 5.74) is 1.28. The van der Waals surface area contributed by atoms with Crippen LogP contribution in [0.25, 0.3) is 0 Å². The molecule has 1 aromatic rings. The molecule has 0 aliphatic carbocycles. The summed E-state index contributed by atoms with van der Waals surface area (Å²) in [5.74, 6) is 0.617. The molecule has 0 bridgehead atoms. The molecule has 0 aliphatic heterocycles. The second kappa shape index (κ2) is 9.87. The highest BCUT2D eigenvalue weighted by Gasteiger charge is 2.02. The lowest BCUT2D eigenvalue weighted by molar-refractivity contribution is -0.118. The molecule has 2 N–H and O–H groups in total. The Hall–Kier alpha value is -1.00. The van der Waals surface area contributed by atoms with Gasteiger partial charge in [0.25, 0.3) is 0 Å². The molecule has 106 valence electrons. The van der Waals surface area contributed by atoms with Gasteiger partial charge in [0.05, 0.1) is 5.75 Å². The first kappa shape index (κ1) is 16.1. The van der Waals surface area contributed by atoms with Crippen molar-refractivity contribution >= 4 is 17.7 Å². The van der Waals surface area contributed by atoms with Gasteiger partial charge < -0.3 is 10.6 Å².